The molecule has 16 heavy (non-hydrogen) atoms. The smallest absolute Gasteiger partial charge is 0.318 e. The van der Waals surface area contributed by atoms with Crippen LogP contribution in [0.5, 0.6) is 0 Å². The van der Waals surface area contributed by atoms with E-state index in [2.05, 4.69) is 10.2 Å². The molecule has 0 bridgehead atoms. The molecule has 0 aromatic rings. The Balaban J connectivity index is 2.43. The highest BCUT2D eigenvalue weighted by atomic mass is 19.4. The van der Waals surface area contributed by atoms with E-state index in [0.29, 0.717) is 12.8 Å². The molecule has 1 rings (SSSR count). The maximum absolute atomic E-state index is 12.6. The van der Waals surface area contributed by atoms with E-state index in [-0.39, 0.29) is 12.5 Å². The Hall–Kier alpha value is -0.290. The molecule has 5 heteroatoms. The van der Waals surface area contributed by atoms with E-state index in [0.717, 1.165) is 19.5 Å². The van der Waals surface area contributed by atoms with Gasteiger partial charge in [0.15, 0.2) is 0 Å². The molecule has 1 saturated carbocycles. The summed E-state index contributed by atoms with van der Waals surface area (Å²) in [5, 5.41) is 3.02. The molecule has 1 fully saturated rings. The average molecular weight is 238 g/mol. The van der Waals surface area contributed by atoms with Gasteiger partial charge in [0.25, 0.3) is 0 Å². The number of alkyl halides is 3. The Kier molecular flexibility index (Phi) is 5.05. The van der Waals surface area contributed by atoms with Crippen molar-refractivity contribution in [3.63, 3.8) is 0 Å². The first-order valence-electron chi connectivity index (χ1n) is 5.86. The Bertz CT molecular complexity index is 206. The molecule has 0 saturated heterocycles. The van der Waals surface area contributed by atoms with Crippen molar-refractivity contribution in [2.75, 3.05) is 27.2 Å². The minimum absolute atomic E-state index is 0.0914. The van der Waals surface area contributed by atoms with Gasteiger partial charge in [-0.05, 0) is 33.4 Å². The predicted molar refractivity (Wildman–Crippen MR) is 58.4 cm³/mol. The normalized spacial score (nSPS) is 27.4. The first-order valence-corrected chi connectivity index (χ1v) is 5.86. The summed E-state index contributed by atoms with van der Waals surface area (Å²) in [6.45, 7) is 1.63. The van der Waals surface area contributed by atoms with Gasteiger partial charge in [0.05, 0.1) is 5.92 Å². The van der Waals surface area contributed by atoms with Crippen molar-refractivity contribution in [3.05, 3.63) is 0 Å². The van der Waals surface area contributed by atoms with Gasteiger partial charge in [0.2, 0.25) is 0 Å². The van der Waals surface area contributed by atoms with Gasteiger partial charge in [0, 0.05) is 19.1 Å². The SMILES string of the molecule is CNCCN(C)C1CCCC(C(F)(F)F)C1. The number of hydrogen-bond acceptors (Lipinski definition) is 2. The minimum Gasteiger partial charge on any atom is -0.318 e. The monoisotopic (exact) mass is 238 g/mol. The van der Waals surface area contributed by atoms with Crippen molar-refractivity contribution in [1.29, 1.82) is 0 Å². The van der Waals surface area contributed by atoms with Gasteiger partial charge in [-0.15, -0.1) is 0 Å². The van der Waals surface area contributed by atoms with Crippen LogP contribution in [0, 0.1) is 5.92 Å². The molecule has 0 amide bonds. The summed E-state index contributed by atoms with van der Waals surface area (Å²) in [5.41, 5.74) is 0. The van der Waals surface area contributed by atoms with Gasteiger partial charge in [-0.3, -0.25) is 0 Å². The van der Waals surface area contributed by atoms with Gasteiger partial charge in [-0.25, -0.2) is 0 Å². The third-order valence-electron chi connectivity index (χ3n) is 3.45. The fraction of sp³-hybridized carbons (Fsp3) is 1.00. The van der Waals surface area contributed by atoms with E-state index in [4.69, 9.17) is 0 Å². The Morgan fingerprint density at radius 3 is 2.56 bits per heavy atom. The van der Waals surface area contributed by atoms with Crippen LogP contribution in [0.25, 0.3) is 0 Å². The third-order valence-corrected chi connectivity index (χ3v) is 3.45. The molecule has 96 valence electrons. The molecule has 1 aliphatic carbocycles. The highest BCUT2D eigenvalue weighted by molar-refractivity contribution is 4.82. The van der Waals surface area contributed by atoms with Crippen molar-refractivity contribution in [2.45, 2.75) is 37.9 Å². The lowest BCUT2D eigenvalue weighted by molar-refractivity contribution is -0.186. The van der Waals surface area contributed by atoms with Gasteiger partial charge in [-0.1, -0.05) is 6.42 Å². The van der Waals surface area contributed by atoms with Gasteiger partial charge in [-0.2, -0.15) is 13.2 Å². The van der Waals surface area contributed by atoms with Crippen LogP contribution in [0.2, 0.25) is 0 Å². The lowest BCUT2D eigenvalue weighted by Gasteiger charge is -2.36. The van der Waals surface area contributed by atoms with E-state index in [1.165, 1.54) is 0 Å². The first kappa shape index (κ1) is 13.8. The van der Waals surface area contributed by atoms with E-state index in [1.54, 1.807) is 0 Å². The number of nitrogens with zero attached hydrogens (tertiary/aromatic N) is 1. The lowest BCUT2D eigenvalue weighted by atomic mass is 9.84. The quantitative estimate of drug-likeness (QED) is 0.808. The van der Waals surface area contributed by atoms with E-state index in [1.807, 2.05) is 14.1 Å². The van der Waals surface area contributed by atoms with Crippen molar-refractivity contribution >= 4 is 0 Å². The zero-order valence-corrected chi connectivity index (χ0v) is 9.98. The maximum atomic E-state index is 12.6. The highest BCUT2D eigenvalue weighted by Crippen LogP contribution is 2.38. The van der Waals surface area contributed by atoms with Crippen LogP contribution in [0.3, 0.4) is 0 Å². The molecule has 0 heterocycles. The first-order chi connectivity index (χ1) is 7.45. The molecule has 1 aliphatic rings. The molecule has 2 unspecified atom stereocenters. The minimum atomic E-state index is -4.01. The summed E-state index contributed by atoms with van der Waals surface area (Å²) in [6, 6.07) is 0.0914. The number of halogens is 3. The fourth-order valence-corrected chi connectivity index (χ4v) is 2.33. The second-order valence-corrected chi connectivity index (χ2v) is 4.64. The van der Waals surface area contributed by atoms with Crippen LogP contribution in [0.15, 0.2) is 0 Å². The summed E-state index contributed by atoms with van der Waals surface area (Å²) in [7, 11) is 3.77. The van der Waals surface area contributed by atoms with Crippen LogP contribution < -0.4 is 5.32 Å². The topological polar surface area (TPSA) is 15.3 Å². The van der Waals surface area contributed by atoms with E-state index >= 15 is 0 Å². The molecule has 2 nitrogen and oxygen atoms in total. The fourth-order valence-electron chi connectivity index (χ4n) is 2.33. The van der Waals surface area contributed by atoms with Crippen LogP contribution in [0.1, 0.15) is 25.7 Å². The largest absolute Gasteiger partial charge is 0.391 e. The Labute approximate surface area is 95.2 Å². The van der Waals surface area contributed by atoms with E-state index < -0.39 is 12.1 Å². The number of likely N-dealkylation sites (N-methyl/N-ethyl adjacent to an activating group) is 2. The molecular formula is C11H21F3N2. The van der Waals surface area contributed by atoms with Crippen LogP contribution in [-0.2, 0) is 0 Å². The van der Waals surface area contributed by atoms with Crippen LogP contribution >= 0.6 is 0 Å². The molecule has 1 N–H and O–H groups in total. The highest BCUT2D eigenvalue weighted by Gasteiger charge is 2.42. The molecule has 0 aromatic heterocycles. The van der Waals surface area contributed by atoms with Gasteiger partial charge >= 0.3 is 6.18 Å². The second kappa shape index (κ2) is 5.87. The van der Waals surface area contributed by atoms with Crippen molar-refractivity contribution in [1.82, 2.24) is 10.2 Å². The molecular weight excluding hydrogens is 217 g/mol. The van der Waals surface area contributed by atoms with Gasteiger partial charge < -0.3 is 10.2 Å². The summed E-state index contributed by atoms with van der Waals surface area (Å²) < 4.78 is 37.8. The molecule has 0 aliphatic heterocycles. The Morgan fingerprint density at radius 2 is 2.00 bits per heavy atom. The van der Waals surface area contributed by atoms with Gasteiger partial charge in [0.1, 0.15) is 0 Å². The molecule has 0 aromatic carbocycles. The van der Waals surface area contributed by atoms with Crippen LogP contribution in [-0.4, -0.2) is 44.3 Å². The zero-order valence-electron chi connectivity index (χ0n) is 9.98. The number of rotatable bonds is 4. The van der Waals surface area contributed by atoms with E-state index in [9.17, 15) is 13.2 Å². The van der Waals surface area contributed by atoms with Crippen LogP contribution in [0.4, 0.5) is 13.2 Å². The number of hydrogen-bond donors (Lipinski definition) is 1. The van der Waals surface area contributed by atoms with Crippen molar-refractivity contribution in [2.24, 2.45) is 5.92 Å². The molecule has 0 radical (unpaired) electrons. The van der Waals surface area contributed by atoms with Crippen molar-refractivity contribution < 1.29 is 13.2 Å². The number of nitrogens with one attached hydrogen (secondary N) is 1. The summed E-state index contributed by atoms with van der Waals surface area (Å²) >= 11 is 0. The summed E-state index contributed by atoms with van der Waals surface area (Å²) in [5.74, 6) is -1.09. The maximum Gasteiger partial charge on any atom is 0.391 e. The standard InChI is InChI=1S/C11H21F3N2/c1-15-6-7-16(2)10-5-3-4-9(8-10)11(12,13)14/h9-10,15H,3-8H2,1-2H3. The average Bonchev–Trinajstić information content (AvgIpc) is 2.25. The predicted octanol–water partition coefficient (Wildman–Crippen LogP) is 2.26. The lowest BCUT2D eigenvalue weighted by Crippen LogP contribution is -2.42. The second-order valence-electron chi connectivity index (χ2n) is 4.64. The Morgan fingerprint density at radius 1 is 1.31 bits per heavy atom. The van der Waals surface area contributed by atoms with Crippen molar-refractivity contribution in [3.8, 4) is 0 Å². The zero-order chi connectivity index (χ0) is 12.2. The molecule has 0 spiro atoms. The summed E-state index contributed by atoms with van der Waals surface area (Å²) in [4.78, 5) is 2.05. The summed E-state index contributed by atoms with van der Waals surface area (Å²) in [6.07, 6.45) is -1.85. The molecule has 2 atom stereocenters. The third kappa shape index (κ3) is 3.94.